The molecule has 2 amide bonds. The molecule has 0 spiro atoms. The largest absolute Gasteiger partial charge is 0.493 e. The van der Waals surface area contributed by atoms with Crippen molar-refractivity contribution in [3.05, 3.63) is 66.5 Å². The van der Waals surface area contributed by atoms with E-state index >= 15 is 0 Å². The van der Waals surface area contributed by atoms with Gasteiger partial charge >= 0.3 is 6.03 Å². The number of piperidine rings is 1. The lowest BCUT2D eigenvalue weighted by atomic mass is 9.98. The number of hydrogen-bond acceptors (Lipinski definition) is 6. The van der Waals surface area contributed by atoms with E-state index in [1.165, 1.54) is 22.7 Å². The number of likely N-dealkylation sites (tertiary alicyclic amines) is 1. The molecule has 3 aromatic carbocycles. The molecule has 8 nitrogen and oxygen atoms in total. The lowest BCUT2D eigenvalue weighted by molar-refractivity contribution is 0.157. The van der Waals surface area contributed by atoms with Gasteiger partial charge in [0.15, 0.2) is 11.5 Å². The Bertz CT molecular complexity index is 1380. The van der Waals surface area contributed by atoms with E-state index in [-0.39, 0.29) is 6.03 Å². The molecule has 0 atom stereocenters. The highest BCUT2D eigenvalue weighted by Crippen LogP contribution is 2.34. The molecule has 192 valence electrons. The molecule has 0 aliphatic carbocycles. The van der Waals surface area contributed by atoms with Crippen LogP contribution in [0.3, 0.4) is 0 Å². The molecular weight excluding hydrogens is 466 g/mol. The fourth-order valence-corrected chi connectivity index (χ4v) is 4.85. The average Bonchev–Trinajstić information content (AvgIpc) is 2.92. The van der Waals surface area contributed by atoms with Crippen LogP contribution in [0.15, 0.2) is 60.9 Å². The molecular formula is C29H33N5O3. The molecule has 8 heteroatoms. The summed E-state index contributed by atoms with van der Waals surface area (Å²) in [7, 11) is 3.76. The Labute approximate surface area is 217 Å². The molecule has 2 N–H and O–H groups in total. The van der Waals surface area contributed by atoms with Gasteiger partial charge in [-0.3, -0.25) is 5.32 Å². The van der Waals surface area contributed by atoms with Gasteiger partial charge in [0.1, 0.15) is 12.1 Å². The standard InChI is InChI=1S/C29H33N5O3/c1-34-14-11-20(12-15-34)18-37-27-17-25-24(16-26(27)36-2)28(32-19-31-25)33-29(35)30-13-10-22-8-5-7-21-6-3-4-9-23(21)22/h3-9,16-17,19-20H,10-15,18H2,1-2H3,(H2,30,31,32,33,35). The summed E-state index contributed by atoms with van der Waals surface area (Å²) in [6.45, 7) is 3.33. The Hall–Kier alpha value is -3.91. The Morgan fingerprint density at radius 1 is 1.03 bits per heavy atom. The van der Waals surface area contributed by atoms with Crippen molar-refractivity contribution in [3.8, 4) is 11.5 Å². The molecule has 1 aliphatic heterocycles. The monoisotopic (exact) mass is 499 g/mol. The minimum Gasteiger partial charge on any atom is -0.493 e. The number of amides is 2. The van der Waals surface area contributed by atoms with Crippen molar-refractivity contribution >= 4 is 33.5 Å². The van der Waals surface area contributed by atoms with Crippen LogP contribution in [-0.4, -0.2) is 61.3 Å². The summed E-state index contributed by atoms with van der Waals surface area (Å²) in [5, 5.41) is 8.89. The second-order valence-corrected chi connectivity index (χ2v) is 9.57. The van der Waals surface area contributed by atoms with E-state index in [4.69, 9.17) is 9.47 Å². The highest BCUT2D eigenvalue weighted by molar-refractivity contribution is 5.99. The topological polar surface area (TPSA) is 88.6 Å². The van der Waals surface area contributed by atoms with Crippen LogP contribution in [0.5, 0.6) is 11.5 Å². The number of anilines is 1. The van der Waals surface area contributed by atoms with Crippen molar-refractivity contribution in [1.82, 2.24) is 20.2 Å². The molecule has 4 aromatic rings. The number of ether oxygens (including phenoxy) is 2. The van der Waals surface area contributed by atoms with Crippen molar-refractivity contribution in [2.45, 2.75) is 19.3 Å². The lowest BCUT2D eigenvalue weighted by Gasteiger charge is -2.28. The van der Waals surface area contributed by atoms with Gasteiger partial charge in [0, 0.05) is 18.0 Å². The van der Waals surface area contributed by atoms with Gasteiger partial charge in [-0.1, -0.05) is 42.5 Å². The third-order valence-corrected chi connectivity index (χ3v) is 7.03. The average molecular weight is 500 g/mol. The summed E-state index contributed by atoms with van der Waals surface area (Å²) >= 11 is 0. The summed E-state index contributed by atoms with van der Waals surface area (Å²) in [5.41, 5.74) is 1.88. The minimum atomic E-state index is -0.318. The van der Waals surface area contributed by atoms with Crippen LogP contribution in [0.2, 0.25) is 0 Å². The van der Waals surface area contributed by atoms with Gasteiger partial charge in [-0.05, 0) is 67.7 Å². The van der Waals surface area contributed by atoms with Crippen molar-refractivity contribution < 1.29 is 14.3 Å². The summed E-state index contributed by atoms with van der Waals surface area (Å²) < 4.78 is 11.8. The highest BCUT2D eigenvalue weighted by Gasteiger charge is 2.19. The van der Waals surface area contributed by atoms with Crippen molar-refractivity contribution in [2.24, 2.45) is 5.92 Å². The molecule has 1 fully saturated rings. The number of carbonyl (C=O) groups excluding carboxylic acids is 1. The lowest BCUT2D eigenvalue weighted by Crippen LogP contribution is -2.32. The third kappa shape index (κ3) is 5.91. The zero-order valence-electron chi connectivity index (χ0n) is 21.4. The number of methoxy groups -OCH3 is 1. The minimum absolute atomic E-state index is 0.318. The van der Waals surface area contributed by atoms with Crippen LogP contribution >= 0.6 is 0 Å². The smallest absolute Gasteiger partial charge is 0.320 e. The van der Waals surface area contributed by atoms with Crippen molar-refractivity contribution in [1.29, 1.82) is 0 Å². The van der Waals surface area contributed by atoms with Gasteiger partial charge in [-0.25, -0.2) is 14.8 Å². The van der Waals surface area contributed by atoms with E-state index in [0.717, 1.165) is 32.4 Å². The van der Waals surface area contributed by atoms with E-state index in [1.807, 2.05) is 30.3 Å². The van der Waals surface area contributed by atoms with Gasteiger partial charge in [-0.2, -0.15) is 0 Å². The first-order chi connectivity index (χ1) is 18.1. The number of urea groups is 1. The number of hydrogen-bond donors (Lipinski definition) is 2. The first-order valence-electron chi connectivity index (χ1n) is 12.8. The van der Waals surface area contributed by atoms with Crippen LogP contribution in [0.4, 0.5) is 10.6 Å². The molecule has 1 aliphatic rings. The number of aromatic nitrogens is 2. The maximum Gasteiger partial charge on any atom is 0.320 e. The Balaban J connectivity index is 1.23. The number of fused-ring (bicyclic) bond motifs is 2. The predicted octanol–water partition coefficient (Wildman–Crippen LogP) is 4.88. The first kappa shape index (κ1) is 24.8. The van der Waals surface area contributed by atoms with E-state index in [0.29, 0.717) is 47.3 Å². The van der Waals surface area contributed by atoms with Gasteiger partial charge in [0.25, 0.3) is 0 Å². The Morgan fingerprint density at radius 3 is 2.68 bits per heavy atom. The third-order valence-electron chi connectivity index (χ3n) is 7.03. The van der Waals surface area contributed by atoms with Gasteiger partial charge in [0.2, 0.25) is 0 Å². The molecule has 2 heterocycles. The molecule has 1 saturated heterocycles. The zero-order valence-corrected chi connectivity index (χ0v) is 21.4. The van der Waals surface area contributed by atoms with Crippen molar-refractivity contribution in [3.63, 3.8) is 0 Å². The second-order valence-electron chi connectivity index (χ2n) is 9.57. The van der Waals surface area contributed by atoms with Gasteiger partial charge < -0.3 is 19.7 Å². The van der Waals surface area contributed by atoms with E-state index < -0.39 is 0 Å². The van der Waals surface area contributed by atoms with Crippen LogP contribution in [0.1, 0.15) is 18.4 Å². The fourth-order valence-electron chi connectivity index (χ4n) is 4.85. The van der Waals surface area contributed by atoms with Gasteiger partial charge in [0.05, 0.1) is 19.2 Å². The summed E-state index contributed by atoms with van der Waals surface area (Å²) in [5.74, 6) is 2.19. The fraction of sp³-hybridized carbons (Fsp3) is 0.345. The molecule has 0 unspecified atom stereocenters. The molecule has 0 bridgehead atoms. The van der Waals surface area contributed by atoms with Crippen LogP contribution < -0.4 is 20.1 Å². The van der Waals surface area contributed by atoms with Crippen LogP contribution in [0.25, 0.3) is 21.7 Å². The number of carbonyl (C=O) groups is 1. The van der Waals surface area contributed by atoms with Gasteiger partial charge in [-0.15, -0.1) is 0 Å². The van der Waals surface area contributed by atoms with Crippen LogP contribution in [-0.2, 0) is 6.42 Å². The zero-order chi connectivity index (χ0) is 25.6. The quantitative estimate of drug-likeness (QED) is 0.359. The Morgan fingerprint density at radius 2 is 1.84 bits per heavy atom. The SMILES string of the molecule is COc1cc2c(NC(=O)NCCc3cccc4ccccc34)ncnc2cc1OCC1CCN(C)CC1. The molecule has 37 heavy (non-hydrogen) atoms. The normalized spacial score (nSPS) is 14.5. The number of nitrogens with one attached hydrogen (secondary N) is 2. The number of benzene rings is 3. The highest BCUT2D eigenvalue weighted by atomic mass is 16.5. The Kier molecular flexibility index (Phi) is 7.65. The van der Waals surface area contributed by atoms with E-state index in [2.05, 4.69) is 56.8 Å². The first-order valence-corrected chi connectivity index (χ1v) is 12.8. The van der Waals surface area contributed by atoms with Crippen LogP contribution in [0, 0.1) is 5.92 Å². The maximum absolute atomic E-state index is 12.7. The summed E-state index contributed by atoms with van der Waals surface area (Å²) in [6.07, 6.45) is 4.42. The number of nitrogens with zero attached hydrogens (tertiary/aromatic N) is 3. The summed E-state index contributed by atoms with van der Waals surface area (Å²) in [6, 6.07) is 17.9. The maximum atomic E-state index is 12.7. The van der Waals surface area contributed by atoms with Crippen molar-refractivity contribution in [2.75, 3.05) is 45.7 Å². The molecule has 5 rings (SSSR count). The molecule has 0 radical (unpaired) electrons. The predicted molar refractivity (Wildman–Crippen MR) is 146 cm³/mol. The summed E-state index contributed by atoms with van der Waals surface area (Å²) in [4.78, 5) is 23.7. The molecule has 1 aromatic heterocycles. The number of rotatable bonds is 8. The van der Waals surface area contributed by atoms with E-state index in [9.17, 15) is 4.79 Å². The van der Waals surface area contributed by atoms with E-state index in [1.54, 1.807) is 7.11 Å². The molecule has 0 saturated carbocycles. The second kappa shape index (κ2) is 11.4.